The van der Waals surface area contributed by atoms with Gasteiger partial charge in [0.1, 0.15) is 5.75 Å². The molecule has 0 unspecified atom stereocenters. The molecule has 7 nitrogen and oxygen atoms in total. The highest BCUT2D eigenvalue weighted by molar-refractivity contribution is 7.89. The van der Waals surface area contributed by atoms with E-state index < -0.39 is 10.0 Å². The fourth-order valence-corrected chi connectivity index (χ4v) is 4.93. The Balaban J connectivity index is 1.75. The van der Waals surface area contributed by atoms with Crippen LogP contribution < -0.4 is 10.1 Å². The van der Waals surface area contributed by atoms with E-state index in [-0.39, 0.29) is 36.0 Å². The summed E-state index contributed by atoms with van der Waals surface area (Å²) in [7, 11) is -2.25. The summed E-state index contributed by atoms with van der Waals surface area (Å²) in [6.45, 7) is 1.28. The van der Waals surface area contributed by atoms with E-state index in [1.807, 2.05) is 0 Å². The van der Waals surface area contributed by atoms with Crippen LogP contribution in [0.15, 0.2) is 41.3 Å². The van der Waals surface area contributed by atoms with Crippen LogP contribution >= 0.6 is 23.2 Å². The first-order chi connectivity index (χ1) is 14.3. The molecule has 30 heavy (non-hydrogen) atoms. The topological polar surface area (TPSA) is 84.9 Å². The molecule has 1 aliphatic rings. The van der Waals surface area contributed by atoms with Gasteiger partial charge in [0.15, 0.2) is 0 Å². The fraction of sp³-hybridized carbons (Fsp3) is 0.350. The van der Waals surface area contributed by atoms with Crippen LogP contribution in [0.2, 0.25) is 10.0 Å². The molecular formula is C20H22Cl2N2O5S. The second kappa shape index (κ2) is 9.98. The molecule has 1 saturated heterocycles. The third-order valence-corrected chi connectivity index (χ3v) is 7.46. The molecule has 2 aromatic rings. The molecular weight excluding hydrogens is 451 g/mol. The summed E-state index contributed by atoms with van der Waals surface area (Å²) in [6.07, 6.45) is 0.531. The molecule has 0 aromatic heterocycles. The molecule has 1 fully saturated rings. The minimum Gasteiger partial charge on any atom is -0.495 e. The summed E-state index contributed by atoms with van der Waals surface area (Å²) in [6, 6.07) is 9.65. The number of benzene rings is 2. The number of aryl methyl sites for hydroxylation is 1. The van der Waals surface area contributed by atoms with Crippen LogP contribution in [0, 0.1) is 0 Å². The highest BCUT2D eigenvalue weighted by Crippen LogP contribution is 2.30. The predicted octanol–water partition coefficient (Wildman–Crippen LogP) is 3.59. The number of nitrogens with zero attached hydrogens (tertiary/aromatic N) is 1. The highest BCUT2D eigenvalue weighted by Gasteiger charge is 2.27. The lowest BCUT2D eigenvalue weighted by molar-refractivity contribution is -0.116. The van der Waals surface area contributed by atoms with Crippen LogP contribution in [0.4, 0.5) is 5.69 Å². The van der Waals surface area contributed by atoms with Crippen LogP contribution in [0.1, 0.15) is 12.0 Å². The SMILES string of the molecule is COc1ccc(S(=O)(=O)N2CCOCC2)cc1NC(=O)CCc1cccc(Cl)c1Cl. The van der Waals surface area contributed by atoms with Gasteiger partial charge in [0.25, 0.3) is 0 Å². The van der Waals surface area contributed by atoms with Crippen molar-refractivity contribution in [3.05, 3.63) is 52.0 Å². The third-order valence-electron chi connectivity index (χ3n) is 4.71. The predicted molar refractivity (Wildman–Crippen MR) is 116 cm³/mol. The van der Waals surface area contributed by atoms with Crippen LogP contribution in [-0.2, 0) is 26.0 Å². The minimum absolute atomic E-state index is 0.0818. The van der Waals surface area contributed by atoms with Crippen molar-refractivity contribution >= 4 is 44.8 Å². The summed E-state index contributed by atoms with van der Waals surface area (Å²) < 4.78 is 37.7. The Morgan fingerprint density at radius 2 is 1.93 bits per heavy atom. The van der Waals surface area contributed by atoms with Gasteiger partial charge in [-0.15, -0.1) is 0 Å². The number of sulfonamides is 1. The van der Waals surface area contributed by atoms with Crippen molar-refractivity contribution in [1.82, 2.24) is 4.31 Å². The molecule has 0 saturated carbocycles. The lowest BCUT2D eigenvalue weighted by Gasteiger charge is -2.26. The molecule has 10 heteroatoms. The number of anilines is 1. The second-order valence-electron chi connectivity index (χ2n) is 6.64. The number of ether oxygens (including phenoxy) is 2. The van der Waals surface area contributed by atoms with Crippen LogP contribution in [0.25, 0.3) is 0 Å². The van der Waals surface area contributed by atoms with Gasteiger partial charge >= 0.3 is 0 Å². The number of methoxy groups -OCH3 is 1. The number of rotatable bonds is 7. The summed E-state index contributed by atoms with van der Waals surface area (Å²) in [4.78, 5) is 12.6. The largest absolute Gasteiger partial charge is 0.495 e. The number of hydrogen-bond donors (Lipinski definition) is 1. The lowest BCUT2D eigenvalue weighted by Crippen LogP contribution is -2.40. The number of nitrogens with one attached hydrogen (secondary N) is 1. The van der Waals surface area contributed by atoms with Crippen molar-refractivity contribution in [2.45, 2.75) is 17.7 Å². The van der Waals surface area contributed by atoms with E-state index >= 15 is 0 Å². The standard InChI is InChI=1S/C20H22Cl2N2O5S/c1-28-18-7-6-15(30(26,27)24-9-11-29-12-10-24)13-17(18)23-19(25)8-5-14-3-2-4-16(21)20(14)22/h2-4,6-7,13H,5,8-12H2,1H3,(H,23,25). The first kappa shape index (κ1) is 22.8. The number of carbonyl (C=O) groups is 1. The molecule has 0 bridgehead atoms. The molecule has 1 amide bonds. The highest BCUT2D eigenvalue weighted by atomic mass is 35.5. The van der Waals surface area contributed by atoms with Crippen molar-refractivity contribution < 1.29 is 22.7 Å². The third kappa shape index (κ3) is 5.25. The van der Waals surface area contributed by atoms with Gasteiger partial charge in [-0.1, -0.05) is 35.3 Å². The molecule has 0 atom stereocenters. The monoisotopic (exact) mass is 472 g/mol. The Morgan fingerprint density at radius 3 is 2.63 bits per heavy atom. The number of hydrogen-bond acceptors (Lipinski definition) is 5. The van der Waals surface area contributed by atoms with E-state index in [0.717, 1.165) is 5.56 Å². The lowest BCUT2D eigenvalue weighted by atomic mass is 10.1. The summed E-state index contributed by atoms with van der Waals surface area (Å²) in [5, 5.41) is 3.58. The van der Waals surface area contributed by atoms with Crippen molar-refractivity contribution in [3.63, 3.8) is 0 Å². The summed E-state index contributed by atoms with van der Waals surface area (Å²) in [5.41, 5.74) is 1.05. The molecule has 1 N–H and O–H groups in total. The van der Waals surface area contributed by atoms with E-state index in [1.165, 1.54) is 29.6 Å². The quantitative estimate of drug-likeness (QED) is 0.665. The average molecular weight is 473 g/mol. The Morgan fingerprint density at radius 1 is 1.20 bits per heavy atom. The van der Waals surface area contributed by atoms with Crippen molar-refractivity contribution in [1.29, 1.82) is 0 Å². The Labute approximate surface area is 185 Å². The number of carbonyl (C=O) groups excluding carboxylic acids is 1. The average Bonchev–Trinajstić information content (AvgIpc) is 2.75. The zero-order chi connectivity index (χ0) is 21.7. The Kier molecular flexibility index (Phi) is 7.60. The van der Waals surface area contributed by atoms with E-state index in [1.54, 1.807) is 18.2 Å². The molecule has 3 rings (SSSR count). The van der Waals surface area contributed by atoms with Gasteiger partial charge in [-0.05, 0) is 36.2 Å². The van der Waals surface area contributed by atoms with Crippen molar-refractivity contribution in [2.24, 2.45) is 0 Å². The smallest absolute Gasteiger partial charge is 0.243 e. The molecule has 162 valence electrons. The van der Waals surface area contributed by atoms with Gasteiger partial charge in [0.2, 0.25) is 15.9 Å². The molecule has 0 radical (unpaired) electrons. The van der Waals surface area contributed by atoms with Crippen molar-refractivity contribution in [3.8, 4) is 5.75 Å². The molecule has 1 aliphatic heterocycles. The van der Waals surface area contributed by atoms with Gasteiger partial charge in [-0.2, -0.15) is 4.31 Å². The number of morpholine rings is 1. The fourth-order valence-electron chi connectivity index (χ4n) is 3.08. The van der Waals surface area contributed by atoms with E-state index in [0.29, 0.717) is 35.4 Å². The van der Waals surface area contributed by atoms with E-state index in [2.05, 4.69) is 5.32 Å². The van der Waals surface area contributed by atoms with Crippen molar-refractivity contribution in [2.75, 3.05) is 38.7 Å². The zero-order valence-corrected chi connectivity index (χ0v) is 18.7. The summed E-state index contributed by atoms with van der Waals surface area (Å²) >= 11 is 12.2. The Bertz CT molecular complexity index is 1020. The van der Waals surface area contributed by atoms with Gasteiger partial charge in [0.05, 0.1) is 41.0 Å². The van der Waals surface area contributed by atoms with Gasteiger partial charge < -0.3 is 14.8 Å². The maximum absolute atomic E-state index is 12.9. The van der Waals surface area contributed by atoms with Gasteiger partial charge in [0, 0.05) is 19.5 Å². The van der Waals surface area contributed by atoms with E-state index in [4.69, 9.17) is 32.7 Å². The Hall–Kier alpha value is -1.84. The van der Waals surface area contributed by atoms with Gasteiger partial charge in [-0.25, -0.2) is 8.42 Å². The second-order valence-corrected chi connectivity index (χ2v) is 9.36. The minimum atomic E-state index is -3.70. The van der Waals surface area contributed by atoms with Crippen LogP contribution in [0.3, 0.4) is 0 Å². The first-order valence-electron chi connectivity index (χ1n) is 9.31. The molecule has 1 heterocycles. The molecule has 0 spiro atoms. The molecule has 0 aliphatic carbocycles. The van der Waals surface area contributed by atoms with Gasteiger partial charge in [-0.3, -0.25) is 4.79 Å². The number of amides is 1. The normalized spacial score (nSPS) is 15.0. The van der Waals surface area contributed by atoms with E-state index in [9.17, 15) is 13.2 Å². The maximum atomic E-state index is 12.9. The van der Waals surface area contributed by atoms with Crippen LogP contribution in [-0.4, -0.2) is 52.0 Å². The van der Waals surface area contributed by atoms with Crippen LogP contribution in [0.5, 0.6) is 5.75 Å². The first-order valence-corrected chi connectivity index (χ1v) is 11.5. The maximum Gasteiger partial charge on any atom is 0.243 e. The zero-order valence-electron chi connectivity index (χ0n) is 16.4. The number of halogens is 2. The summed E-state index contributed by atoms with van der Waals surface area (Å²) in [5.74, 6) is 0.0651. The molecule has 2 aromatic carbocycles.